The first-order valence-corrected chi connectivity index (χ1v) is 7.11. The molecule has 110 valence electrons. The highest BCUT2D eigenvalue weighted by Crippen LogP contribution is 2.39. The fraction of sp³-hybridized carbons (Fsp3) is 0.375. The lowest BCUT2D eigenvalue weighted by molar-refractivity contribution is -0.130. The molecule has 21 heavy (non-hydrogen) atoms. The Morgan fingerprint density at radius 3 is 2.81 bits per heavy atom. The first-order valence-electron chi connectivity index (χ1n) is 7.11. The number of para-hydroxylation sites is 1. The Morgan fingerprint density at radius 1 is 1.38 bits per heavy atom. The summed E-state index contributed by atoms with van der Waals surface area (Å²) in [6.45, 7) is 1.98. The molecule has 4 N–H and O–H groups in total. The Morgan fingerprint density at radius 2 is 2.14 bits per heavy atom. The number of primary amides is 1. The SMILES string of the molecule is CNC(=O)C1(C)CCc2c([nH]c3c(C(N)=O)cccc23)C1. The third kappa shape index (κ3) is 2.00. The molecule has 3 rings (SSSR count). The molecule has 0 radical (unpaired) electrons. The predicted molar refractivity (Wildman–Crippen MR) is 81.0 cm³/mol. The number of rotatable bonds is 2. The first kappa shape index (κ1) is 13.7. The minimum Gasteiger partial charge on any atom is -0.366 e. The quantitative estimate of drug-likeness (QED) is 0.781. The maximum atomic E-state index is 12.1. The van der Waals surface area contributed by atoms with E-state index in [2.05, 4.69) is 10.3 Å². The minimum atomic E-state index is -0.437. The summed E-state index contributed by atoms with van der Waals surface area (Å²) in [5.74, 6) is -0.379. The largest absolute Gasteiger partial charge is 0.366 e. The van der Waals surface area contributed by atoms with E-state index in [1.807, 2.05) is 19.1 Å². The Kier molecular flexibility index (Phi) is 3.01. The van der Waals surface area contributed by atoms with Crippen molar-refractivity contribution in [1.29, 1.82) is 0 Å². The van der Waals surface area contributed by atoms with Crippen LogP contribution in [-0.4, -0.2) is 23.8 Å². The van der Waals surface area contributed by atoms with Gasteiger partial charge in [0, 0.05) is 24.5 Å². The van der Waals surface area contributed by atoms with Gasteiger partial charge >= 0.3 is 0 Å². The van der Waals surface area contributed by atoms with Crippen LogP contribution in [0.15, 0.2) is 18.2 Å². The van der Waals surface area contributed by atoms with Crippen LogP contribution in [0, 0.1) is 5.41 Å². The molecular formula is C16H19N3O2. The molecule has 1 aromatic carbocycles. The third-order valence-electron chi connectivity index (χ3n) is 4.56. The normalized spacial score (nSPS) is 21.0. The molecular weight excluding hydrogens is 266 g/mol. The number of benzene rings is 1. The van der Waals surface area contributed by atoms with E-state index in [1.54, 1.807) is 13.1 Å². The number of nitrogens with one attached hydrogen (secondary N) is 2. The summed E-state index contributed by atoms with van der Waals surface area (Å²) in [5.41, 5.74) is 8.56. The van der Waals surface area contributed by atoms with E-state index in [0.717, 1.165) is 29.4 Å². The van der Waals surface area contributed by atoms with Crippen LogP contribution in [0.3, 0.4) is 0 Å². The molecule has 0 saturated heterocycles. The maximum absolute atomic E-state index is 12.1. The Balaban J connectivity index is 2.12. The third-order valence-corrected chi connectivity index (χ3v) is 4.56. The molecule has 1 unspecified atom stereocenters. The summed E-state index contributed by atoms with van der Waals surface area (Å²) in [4.78, 5) is 27.0. The number of H-pyrrole nitrogens is 1. The molecule has 0 spiro atoms. The summed E-state index contributed by atoms with van der Waals surface area (Å²) >= 11 is 0. The van der Waals surface area contributed by atoms with Crippen LogP contribution < -0.4 is 11.1 Å². The van der Waals surface area contributed by atoms with Gasteiger partial charge in [0.25, 0.3) is 5.91 Å². The van der Waals surface area contributed by atoms with E-state index >= 15 is 0 Å². The average molecular weight is 285 g/mol. The molecule has 2 amide bonds. The van der Waals surface area contributed by atoms with Crippen LogP contribution in [0.1, 0.15) is 35.0 Å². The summed E-state index contributed by atoms with van der Waals surface area (Å²) in [5, 5.41) is 3.78. The average Bonchev–Trinajstić information content (AvgIpc) is 2.82. The molecule has 1 aliphatic rings. The van der Waals surface area contributed by atoms with Crippen molar-refractivity contribution in [3.05, 3.63) is 35.0 Å². The minimum absolute atomic E-state index is 0.0573. The van der Waals surface area contributed by atoms with Gasteiger partial charge in [0.05, 0.1) is 16.5 Å². The van der Waals surface area contributed by atoms with Gasteiger partial charge in [0.2, 0.25) is 5.91 Å². The summed E-state index contributed by atoms with van der Waals surface area (Å²) in [7, 11) is 1.67. The van der Waals surface area contributed by atoms with E-state index < -0.39 is 11.3 Å². The van der Waals surface area contributed by atoms with Crippen molar-refractivity contribution < 1.29 is 9.59 Å². The smallest absolute Gasteiger partial charge is 0.250 e. The van der Waals surface area contributed by atoms with Gasteiger partial charge in [0.15, 0.2) is 0 Å². The van der Waals surface area contributed by atoms with Crippen molar-refractivity contribution in [1.82, 2.24) is 10.3 Å². The zero-order valence-electron chi connectivity index (χ0n) is 12.2. The van der Waals surface area contributed by atoms with Crippen molar-refractivity contribution in [3.63, 3.8) is 0 Å². The number of aryl methyl sites for hydroxylation is 1. The molecule has 5 heteroatoms. The van der Waals surface area contributed by atoms with Gasteiger partial charge in [-0.15, -0.1) is 0 Å². The van der Waals surface area contributed by atoms with Gasteiger partial charge < -0.3 is 16.0 Å². The number of carbonyl (C=O) groups is 2. The maximum Gasteiger partial charge on any atom is 0.250 e. The molecule has 0 bridgehead atoms. The lowest BCUT2D eigenvalue weighted by Gasteiger charge is -2.31. The second kappa shape index (κ2) is 4.62. The molecule has 0 fully saturated rings. The summed E-state index contributed by atoms with van der Waals surface area (Å²) < 4.78 is 0. The Hall–Kier alpha value is -2.30. The summed E-state index contributed by atoms with van der Waals surface area (Å²) in [6.07, 6.45) is 2.27. The summed E-state index contributed by atoms with van der Waals surface area (Å²) in [6, 6.07) is 5.58. The van der Waals surface area contributed by atoms with Gasteiger partial charge in [-0.25, -0.2) is 0 Å². The van der Waals surface area contributed by atoms with Crippen LogP contribution in [0.5, 0.6) is 0 Å². The van der Waals surface area contributed by atoms with E-state index in [1.165, 1.54) is 5.56 Å². The van der Waals surface area contributed by atoms with Gasteiger partial charge in [-0.2, -0.15) is 0 Å². The van der Waals surface area contributed by atoms with Crippen LogP contribution in [0.25, 0.3) is 10.9 Å². The molecule has 0 saturated carbocycles. The topological polar surface area (TPSA) is 88.0 Å². The van der Waals surface area contributed by atoms with Crippen LogP contribution >= 0.6 is 0 Å². The van der Waals surface area contributed by atoms with Gasteiger partial charge in [-0.3, -0.25) is 9.59 Å². The number of nitrogens with two attached hydrogens (primary N) is 1. The highest BCUT2D eigenvalue weighted by molar-refractivity contribution is 6.06. The molecule has 1 aliphatic carbocycles. The number of aromatic nitrogens is 1. The monoisotopic (exact) mass is 285 g/mol. The number of hydrogen-bond donors (Lipinski definition) is 3. The fourth-order valence-electron chi connectivity index (χ4n) is 3.34. The highest BCUT2D eigenvalue weighted by Gasteiger charge is 2.37. The molecule has 1 aromatic heterocycles. The van der Waals surface area contributed by atoms with E-state index in [0.29, 0.717) is 12.0 Å². The van der Waals surface area contributed by atoms with Crippen LogP contribution in [-0.2, 0) is 17.6 Å². The van der Waals surface area contributed by atoms with Gasteiger partial charge in [0.1, 0.15) is 0 Å². The predicted octanol–water partition coefficient (Wildman–Crippen LogP) is 1.51. The lowest BCUT2D eigenvalue weighted by atomic mass is 9.74. The van der Waals surface area contributed by atoms with Gasteiger partial charge in [-0.05, 0) is 24.5 Å². The first-order chi connectivity index (χ1) is 9.96. The highest BCUT2D eigenvalue weighted by atomic mass is 16.2. The van der Waals surface area contributed by atoms with E-state index in [4.69, 9.17) is 5.73 Å². The van der Waals surface area contributed by atoms with E-state index in [9.17, 15) is 9.59 Å². The van der Waals surface area contributed by atoms with Crippen molar-refractivity contribution in [3.8, 4) is 0 Å². The van der Waals surface area contributed by atoms with Crippen LogP contribution in [0.4, 0.5) is 0 Å². The van der Waals surface area contributed by atoms with Gasteiger partial charge in [-0.1, -0.05) is 19.1 Å². The van der Waals surface area contributed by atoms with Crippen molar-refractivity contribution in [2.24, 2.45) is 11.1 Å². The fourth-order valence-corrected chi connectivity index (χ4v) is 3.34. The molecule has 1 atom stereocenters. The molecule has 5 nitrogen and oxygen atoms in total. The zero-order chi connectivity index (χ0) is 15.2. The molecule has 1 heterocycles. The number of carbonyl (C=O) groups excluding carboxylic acids is 2. The molecule has 2 aromatic rings. The zero-order valence-corrected chi connectivity index (χ0v) is 12.2. The number of fused-ring (bicyclic) bond motifs is 3. The second-order valence-corrected chi connectivity index (χ2v) is 5.99. The number of amides is 2. The van der Waals surface area contributed by atoms with Crippen molar-refractivity contribution in [2.45, 2.75) is 26.2 Å². The van der Waals surface area contributed by atoms with Crippen molar-refractivity contribution in [2.75, 3.05) is 7.05 Å². The second-order valence-electron chi connectivity index (χ2n) is 5.99. The Bertz CT molecular complexity index is 747. The van der Waals surface area contributed by atoms with E-state index in [-0.39, 0.29) is 5.91 Å². The van der Waals surface area contributed by atoms with Crippen molar-refractivity contribution >= 4 is 22.7 Å². The lowest BCUT2D eigenvalue weighted by Crippen LogP contribution is -2.41. The Labute approximate surface area is 122 Å². The number of aromatic amines is 1. The van der Waals surface area contributed by atoms with Crippen LogP contribution in [0.2, 0.25) is 0 Å². The standard InChI is InChI=1S/C16H19N3O2/c1-16(15(21)18-2)7-6-9-10-4-3-5-11(14(17)20)13(10)19-12(9)8-16/h3-5,19H,6-8H2,1-2H3,(H2,17,20)(H,18,21). The number of hydrogen-bond acceptors (Lipinski definition) is 2. The molecule has 0 aliphatic heterocycles.